The molecule has 1 aliphatic heterocycles. The van der Waals surface area contributed by atoms with Crippen molar-refractivity contribution < 1.29 is 18.0 Å². The maximum Gasteiger partial charge on any atom is 0.265 e. The van der Waals surface area contributed by atoms with Crippen molar-refractivity contribution in [2.45, 2.75) is 17.7 Å². The molecule has 1 aliphatic rings. The highest BCUT2D eigenvalue weighted by Crippen LogP contribution is 2.23. The Morgan fingerprint density at radius 3 is 2.23 bits per heavy atom. The quantitative estimate of drug-likeness (QED) is 0.586. The summed E-state index contributed by atoms with van der Waals surface area (Å²) in [5.41, 5.74) is 1.37. The minimum atomic E-state index is -3.55. The molecular formula is C22H21N3O4S2. The summed E-state index contributed by atoms with van der Waals surface area (Å²) in [4.78, 5) is 25.5. The fraction of sp³-hybridized carbons (Fsp3) is 0.182. The fourth-order valence-corrected chi connectivity index (χ4v) is 5.50. The molecule has 2 aromatic carbocycles. The fourth-order valence-electron chi connectivity index (χ4n) is 3.32. The average molecular weight is 456 g/mol. The summed E-state index contributed by atoms with van der Waals surface area (Å²) >= 11 is 1.35. The second-order valence-electron chi connectivity index (χ2n) is 7.10. The van der Waals surface area contributed by atoms with Crippen LogP contribution in [0.4, 0.5) is 11.4 Å². The van der Waals surface area contributed by atoms with E-state index in [4.69, 9.17) is 0 Å². The molecule has 0 radical (unpaired) electrons. The third-order valence-electron chi connectivity index (χ3n) is 4.94. The zero-order chi connectivity index (χ0) is 21.8. The number of carbonyl (C=O) groups is 2. The Bertz CT molecular complexity index is 1180. The third-order valence-corrected chi connectivity index (χ3v) is 7.71. The van der Waals surface area contributed by atoms with E-state index in [0.717, 1.165) is 12.8 Å². The highest BCUT2D eigenvalue weighted by Gasteiger charge is 2.27. The second kappa shape index (κ2) is 9.01. The number of hydrogen-bond acceptors (Lipinski definition) is 5. The summed E-state index contributed by atoms with van der Waals surface area (Å²) in [6, 6.07) is 16.3. The number of benzene rings is 2. The van der Waals surface area contributed by atoms with Crippen LogP contribution in [-0.4, -0.2) is 37.6 Å². The molecular weight excluding hydrogens is 434 g/mol. The summed E-state index contributed by atoms with van der Waals surface area (Å²) in [6.07, 6.45) is 1.72. The molecule has 31 heavy (non-hydrogen) atoms. The van der Waals surface area contributed by atoms with Gasteiger partial charge in [-0.05, 0) is 66.8 Å². The highest BCUT2D eigenvalue weighted by atomic mass is 32.2. The standard InChI is InChI=1S/C22H21N3O4S2/c26-21(16-8-10-17(11-9-16)23-22(27)20-7-4-14-30-20)24-18-5-3-6-19(15-18)31(28,29)25-12-1-2-13-25/h3-11,14-15H,1-2,12-13H2,(H,23,27)(H,24,26). The van der Waals surface area contributed by atoms with E-state index in [1.165, 1.54) is 27.8 Å². The number of sulfonamides is 1. The van der Waals surface area contributed by atoms with Gasteiger partial charge in [0, 0.05) is 30.0 Å². The van der Waals surface area contributed by atoms with Crippen LogP contribution >= 0.6 is 11.3 Å². The van der Waals surface area contributed by atoms with Crippen LogP contribution in [0.25, 0.3) is 0 Å². The number of nitrogens with one attached hydrogen (secondary N) is 2. The molecule has 2 N–H and O–H groups in total. The molecule has 1 fully saturated rings. The number of thiophene rings is 1. The van der Waals surface area contributed by atoms with Gasteiger partial charge in [0.2, 0.25) is 10.0 Å². The van der Waals surface area contributed by atoms with E-state index in [9.17, 15) is 18.0 Å². The van der Waals surface area contributed by atoms with Crippen LogP contribution in [0.1, 0.15) is 32.9 Å². The highest BCUT2D eigenvalue weighted by molar-refractivity contribution is 7.89. The number of hydrogen-bond donors (Lipinski definition) is 2. The van der Waals surface area contributed by atoms with Crippen molar-refractivity contribution in [1.82, 2.24) is 4.31 Å². The zero-order valence-corrected chi connectivity index (χ0v) is 18.2. The number of anilines is 2. The van der Waals surface area contributed by atoms with Crippen LogP contribution in [-0.2, 0) is 10.0 Å². The van der Waals surface area contributed by atoms with Crippen LogP contribution in [0.5, 0.6) is 0 Å². The van der Waals surface area contributed by atoms with Crippen LogP contribution in [0.3, 0.4) is 0 Å². The number of nitrogens with zero attached hydrogens (tertiary/aromatic N) is 1. The van der Waals surface area contributed by atoms with Crippen molar-refractivity contribution in [2.75, 3.05) is 23.7 Å². The van der Waals surface area contributed by atoms with Crippen LogP contribution in [0.2, 0.25) is 0 Å². The first-order chi connectivity index (χ1) is 14.9. The van der Waals surface area contributed by atoms with Gasteiger partial charge in [-0.3, -0.25) is 9.59 Å². The van der Waals surface area contributed by atoms with Gasteiger partial charge in [-0.15, -0.1) is 11.3 Å². The van der Waals surface area contributed by atoms with Gasteiger partial charge in [-0.2, -0.15) is 4.31 Å². The predicted octanol–water partition coefficient (Wildman–Crippen LogP) is 4.04. The lowest BCUT2D eigenvalue weighted by Crippen LogP contribution is -2.27. The molecule has 0 aliphatic carbocycles. The summed E-state index contributed by atoms with van der Waals surface area (Å²) in [7, 11) is -3.55. The Balaban J connectivity index is 1.43. The van der Waals surface area contributed by atoms with E-state index in [1.54, 1.807) is 48.5 Å². The smallest absolute Gasteiger partial charge is 0.265 e. The van der Waals surface area contributed by atoms with E-state index < -0.39 is 10.0 Å². The molecule has 7 nitrogen and oxygen atoms in total. The van der Waals surface area contributed by atoms with Gasteiger partial charge in [0.25, 0.3) is 11.8 Å². The molecule has 4 rings (SSSR count). The third kappa shape index (κ3) is 4.84. The molecule has 1 saturated heterocycles. The van der Waals surface area contributed by atoms with Crippen LogP contribution < -0.4 is 10.6 Å². The topological polar surface area (TPSA) is 95.6 Å². The lowest BCUT2D eigenvalue weighted by molar-refractivity contribution is 0.102. The van der Waals surface area contributed by atoms with Crippen LogP contribution in [0, 0.1) is 0 Å². The molecule has 0 unspecified atom stereocenters. The number of rotatable bonds is 6. The molecule has 1 aromatic heterocycles. The van der Waals surface area contributed by atoms with E-state index in [-0.39, 0.29) is 16.7 Å². The maximum atomic E-state index is 12.7. The van der Waals surface area contributed by atoms with Gasteiger partial charge in [0.15, 0.2) is 0 Å². The van der Waals surface area contributed by atoms with Crippen molar-refractivity contribution in [3.63, 3.8) is 0 Å². The van der Waals surface area contributed by atoms with Crippen LogP contribution in [0.15, 0.2) is 70.9 Å². The largest absolute Gasteiger partial charge is 0.322 e. The van der Waals surface area contributed by atoms with Gasteiger partial charge in [0.05, 0.1) is 9.77 Å². The molecule has 0 bridgehead atoms. The first kappa shape index (κ1) is 21.2. The van der Waals surface area contributed by atoms with Crippen molar-refractivity contribution in [3.05, 3.63) is 76.5 Å². The number of amides is 2. The van der Waals surface area contributed by atoms with Gasteiger partial charge in [-0.1, -0.05) is 12.1 Å². The maximum absolute atomic E-state index is 12.7. The Labute approximate surface area is 184 Å². The summed E-state index contributed by atoms with van der Waals surface area (Å²) in [5, 5.41) is 7.34. The summed E-state index contributed by atoms with van der Waals surface area (Å²) in [5.74, 6) is -0.574. The predicted molar refractivity (Wildman–Crippen MR) is 121 cm³/mol. The zero-order valence-electron chi connectivity index (χ0n) is 16.6. The van der Waals surface area contributed by atoms with Gasteiger partial charge >= 0.3 is 0 Å². The Hall–Kier alpha value is -3.01. The Morgan fingerprint density at radius 1 is 0.839 bits per heavy atom. The lowest BCUT2D eigenvalue weighted by Gasteiger charge is -2.16. The molecule has 2 amide bonds. The SMILES string of the molecule is O=C(Nc1cccc(S(=O)(=O)N2CCCC2)c1)c1ccc(NC(=O)c2cccs2)cc1. The second-order valence-corrected chi connectivity index (χ2v) is 9.99. The first-order valence-electron chi connectivity index (χ1n) is 9.80. The lowest BCUT2D eigenvalue weighted by atomic mass is 10.2. The average Bonchev–Trinajstić information content (AvgIpc) is 3.49. The van der Waals surface area contributed by atoms with E-state index in [2.05, 4.69) is 10.6 Å². The Kier molecular flexibility index (Phi) is 6.17. The molecule has 0 spiro atoms. The van der Waals surface area contributed by atoms with Gasteiger partial charge < -0.3 is 10.6 Å². The first-order valence-corrected chi connectivity index (χ1v) is 12.1. The van der Waals surface area contributed by atoms with Gasteiger partial charge in [0.1, 0.15) is 0 Å². The van der Waals surface area contributed by atoms with Crippen molar-refractivity contribution in [3.8, 4) is 0 Å². The van der Waals surface area contributed by atoms with E-state index in [1.807, 2.05) is 5.38 Å². The monoisotopic (exact) mass is 455 g/mol. The van der Waals surface area contributed by atoms with E-state index in [0.29, 0.717) is 34.9 Å². The minimum Gasteiger partial charge on any atom is -0.322 e. The molecule has 3 aromatic rings. The van der Waals surface area contributed by atoms with E-state index >= 15 is 0 Å². The van der Waals surface area contributed by atoms with Crippen molar-refractivity contribution in [1.29, 1.82) is 0 Å². The molecule has 9 heteroatoms. The number of carbonyl (C=O) groups excluding carboxylic acids is 2. The van der Waals surface area contributed by atoms with Crippen molar-refractivity contribution in [2.24, 2.45) is 0 Å². The molecule has 0 saturated carbocycles. The molecule has 2 heterocycles. The Morgan fingerprint density at radius 2 is 1.55 bits per heavy atom. The van der Waals surface area contributed by atoms with Gasteiger partial charge in [-0.25, -0.2) is 8.42 Å². The van der Waals surface area contributed by atoms with Crippen molar-refractivity contribution >= 4 is 44.5 Å². The normalized spacial score (nSPS) is 14.3. The molecule has 160 valence electrons. The summed E-state index contributed by atoms with van der Waals surface area (Å²) in [6.45, 7) is 1.04. The molecule has 0 atom stereocenters. The summed E-state index contributed by atoms with van der Waals surface area (Å²) < 4.78 is 26.9. The minimum absolute atomic E-state index is 0.166.